The molecule has 0 aliphatic carbocycles. The second-order valence-corrected chi connectivity index (χ2v) is 6.72. The normalized spacial score (nSPS) is 11.5. The van der Waals surface area contributed by atoms with E-state index in [9.17, 15) is 4.79 Å². The van der Waals surface area contributed by atoms with Gasteiger partial charge in [-0.1, -0.05) is 25.4 Å². The van der Waals surface area contributed by atoms with Crippen molar-refractivity contribution < 1.29 is 0 Å². The summed E-state index contributed by atoms with van der Waals surface area (Å²) < 4.78 is 3.57. The molecule has 0 radical (unpaired) electrons. The van der Waals surface area contributed by atoms with E-state index in [1.54, 1.807) is 23.0 Å². The van der Waals surface area contributed by atoms with E-state index >= 15 is 0 Å². The molecule has 0 aliphatic heterocycles. The first kappa shape index (κ1) is 16.7. The number of benzene rings is 1. The first-order valence-electron chi connectivity index (χ1n) is 8.24. The van der Waals surface area contributed by atoms with Gasteiger partial charge in [-0.25, -0.2) is 9.97 Å². The van der Waals surface area contributed by atoms with Gasteiger partial charge >= 0.3 is 0 Å². The van der Waals surface area contributed by atoms with Crippen LogP contribution in [0, 0.1) is 5.92 Å². The molecule has 0 amide bonds. The van der Waals surface area contributed by atoms with Gasteiger partial charge in [0.2, 0.25) is 0 Å². The number of nitrogens with zero attached hydrogens (tertiary/aromatic N) is 4. The van der Waals surface area contributed by atoms with Crippen LogP contribution in [0.2, 0.25) is 5.02 Å². The van der Waals surface area contributed by atoms with E-state index in [4.69, 9.17) is 16.6 Å². The number of imidazole rings is 1. The van der Waals surface area contributed by atoms with Crippen LogP contribution in [-0.4, -0.2) is 19.1 Å². The van der Waals surface area contributed by atoms with Crippen LogP contribution >= 0.6 is 11.6 Å². The number of hydrogen-bond acceptors (Lipinski definition) is 3. The minimum atomic E-state index is -0.131. The van der Waals surface area contributed by atoms with E-state index in [-0.39, 0.29) is 5.56 Å². The van der Waals surface area contributed by atoms with Crippen LogP contribution < -0.4 is 5.56 Å². The molecule has 3 rings (SSSR count). The number of aryl methyl sites for hydroxylation is 2. The third-order valence-corrected chi connectivity index (χ3v) is 4.33. The minimum absolute atomic E-state index is 0.131. The van der Waals surface area contributed by atoms with Gasteiger partial charge in [0.25, 0.3) is 5.56 Å². The summed E-state index contributed by atoms with van der Waals surface area (Å²) in [6, 6.07) is 7.24. The molecule has 126 valence electrons. The fourth-order valence-electron chi connectivity index (χ4n) is 2.71. The highest BCUT2D eigenvalue weighted by Crippen LogP contribution is 2.17. The molecule has 6 heteroatoms. The van der Waals surface area contributed by atoms with Crippen molar-refractivity contribution >= 4 is 22.8 Å². The van der Waals surface area contributed by atoms with Crippen LogP contribution in [0.4, 0.5) is 0 Å². The maximum absolute atomic E-state index is 13.0. The molecule has 2 aromatic heterocycles. The van der Waals surface area contributed by atoms with E-state index in [1.807, 2.05) is 23.6 Å². The third-order valence-electron chi connectivity index (χ3n) is 4.08. The molecule has 3 aromatic rings. The van der Waals surface area contributed by atoms with Gasteiger partial charge in [-0.2, -0.15) is 0 Å². The zero-order valence-electron chi connectivity index (χ0n) is 14.2. The number of rotatable bonds is 5. The lowest BCUT2D eigenvalue weighted by Crippen LogP contribution is -2.24. The maximum Gasteiger partial charge on any atom is 0.286 e. The maximum atomic E-state index is 13.0. The van der Waals surface area contributed by atoms with Crippen molar-refractivity contribution in [1.82, 2.24) is 19.1 Å². The third kappa shape index (κ3) is 3.08. The number of hydrogen-bond donors (Lipinski definition) is 0. The van der Waals surface area contributed by atoms with Crippen molar-refractivity contribution in [1.29, 1.82) is 0 Å². The SMILES string of the molecule is CCn1cnc2c(=O)n(-c3ccc(Cl)cc3)c(CCC(C)C)nc21. The van der Waals surface area contributed by atoms with E-state index in [0.29, 0.717) is 22.1 Å². The van der Waals surface area contributed by atoms with Crippen molar-refractivity contribution in [3.8, 4) is 5.69 Å². The van der Waals surface area contributed by atoms with Crippen molar-refractivity contribution in [2.75, 3.05) is 0 Å². The van der Waals surface area contributed by atoms with Crippen LogP contribution in [0.1, 0.15) is 33.0 Å². The predicted molar refractivity (Wildman–Crippen MR) is 97.0 cm³/mol. The summed E-state index contributed by atoms with van der Waals surface area (Å²) in [5, 5.41) is 0.639. The Kier molecular flexibility index (Phi) is 4.71. The number of aromatic nitrogens is 4. The topological polar surface area (TPSA) is 52.7 Å². The molecule has 1 aromatic carbocycles. The average molecular weight is 345 g/mol. The highest BCUT2D eigenvalue weighted by atomic mass is 35.5. The van der Waals surface area contributed by atoms with Crippen molar-refractivity contribution in [2.45, 2.75) is 40.2 Å². The molecule has 0 atom stereocenters. The lowest BCUT2D eigenvalue weighted by molar-refractivity contribution is 0.567. The van der Waals surface area contributed by atoms with Crippen LogP contribution in [0.3, 0.4) is 0 Å². The molecule has 0 bridgehead atoms. The van der Waals surface area contributed by atoms with Gasteiger partial charge in [0.05, 0.1) is 12.0 Å². The summed E-state index contributed by atoms with van der Waals surface area (Å²) in [5.41, 5.74) is 1.70. The van der Waals surface area contributed by atoms with Crippen LogP contribution in [0.25, 0.3) is 16.9 Å². The first-order chi connectivity index (χ1) is 11.5. The molecular formula is C18H21ClN4O. The summed E-state index contributed by atoms with van der Waals surface area (Å²) in [6.45, 7) is 7.08. The smallest absolute Gasteiger partial charge is 0.286 e. The van der Waals surface area contributed by atoms with Gasteiger partial charge in [0.1, 0.15) is 5.82 Å². The molecule has 0 unspecified atom stereocenters. The average Bonchev–Trinajstić information content (AvgIpc) is 2.97. The second-order valence-electron chi connectivity index (χ2n) is 6.28. The van der Waals surface area contributed by atoms with Gasteiger partial charge in [-0.05, 0) is 43.5 Å². The molecule has 0 aliphatic rings. The molecule has 0 saturated heterocycles. The molecular weight excluding hydrogens is 324 g/mol. The highest BCUT2D eigenvalue weighted by Gasteiger charge is 2.16. The summed E-state index contributed by atoms with van der Waals surface area (Å²) in [7, 11) is 0. The van der Waals surface area contributed by atoms with Crippen LogP contribution in [0.15, 0.2) is 35.4 Å². The molecule has 5 nitrogen and oxygen atoms in total. The second kappa shape index (κ2) is 6.77. The highest BCUT2D eigenvalue weighted by molar-refractivity contribution is 6.30. The molecule has 0 spiro atoms. The summed E-state index contributed by atoms with van der Waals surface area (Å²) in [5.74, 6) is 1.30. The standard InChI is InChI=1S/C18H21ClN4O/c1-4-22-11-20-16-17(22)21-15(10-5-12(2)3)23(18(16)24)14-8-6-13(19)7-9-14/h6-9,11-12H,4-5,10H2,1-3H3. The van der Waals surface area contributed by atoms with Gasteiger partial charge in [0.15, 0.2) is 11.2 Å². The monoisotopic (exact) mass is 344 g/mol. The minimum Gasteiger partial charge on any atom is -0.315 e. The van der Waals surface area contributed by atoms with E-state index in [1.165, 1.54) is 0 Å². The molecule has 24 heavy (non-hydrogen) atoms. The Labute approximate surface area is 145 Å². The van der Waals surface area contributed by atoms with Crippen molar-refractivity contribution in [2.24, 2.45) is 5.92 Å². The Hall–Kier alpha value is -2.14. The van der Waals surface area contributed by atoms with E-state index in [2.05, 4.69) is 18.8 Å². The lowest BCUT2D eigenvalue weighted by atomic mass is 10.1. The fourth-order valence-corrected chi connectivity index (χ4v) is 2.84. The molecule has 0 saturated carbocycles. The summed E-state index contributed by atoms with van der Waals surface area (Å²) in [6.07, 6.45) is 3.38. The Balaban J connectivity index is 2.24. The van der Waals surface area contributed by atoms with Gasteiger partial charge in [0, 0.05) is 18.0 Å². The Morgan fingerprint density at radius 3 is 2.54 bits per heavy atom. The molecule has 2 heterocycles. The first-order valence-corrected chi connectivity index (χ1v) is 8.61. The van der Waals surface area contributed by atoms with E-state index in [0.717, 1.165) is 30.9 Å². The van der Waals surface area contributed by atoms with Crippen LogP contribution in [0.5, 0.6) is 0 Å². The van der Waals surface area contributed by atoms with E-state index < -0.39 is 0 Å². The van der Waals surface area contributed by atoms with Crippen molar-refractivity contribution in [3.63, 3.8) is 0 Å². The molecule has 0 fully saturated rings. The Morgan fingerprint density at radius 1 is 1.21 bits per heavy atom. The van der Waals surface area contributed by atoms with Gasteiger partial charge in [-0.3, -0.25) is 9.36 Å². The lowest BCUT2D eigenvalue weighted by Gasteiger charge is -2.14. The number of fused-ring (bicyclic) bond motifs is 1. The zero-order valence-corrected chi connectivity index (χ0v) is 14.9. The largest absolute Gasteiger partial charge is 0.315 e. The van der Waals surface area contributed by atoms with Gasteiger partial charge in [-0.15, -0.1) is 0 Å². The number of halogens is 1. The zero-order chi connectivity index (χ0) is 17.3. The summed E-state index contributed by atoms with van der Waals surface area (Å²) >= 11 is 5.98. The Morgan fingerprint density at radius 2 is 1.92 bits per heavy atom. The van der Waals surface area contributed by atoms with Crippen LogP contribution in [-0.2, 0) is 13.0 Å². The fraction of sp³-hybridized carbons (Fsp3) is 0.389. The Bertz CT molecular complexity index is 909. The predicted octanol–water partition coefficient (Wildman–Crippen LogP) is 3.84. The van der Waals surface area contributed by atoms with Crippen molar-refractivity contribution in [3.05, 3.63) is 51.8 Å². The van der Waals surface area contributed by atoms with Gasteiger partial charge < -0.3 is 4.57 Å². The molecule has 0 N–H and O–H groups in total. The quantitative estimate of drug-likeness (QED) is 0.706. The summed E-state index contributed by atoms with van der Waals surface area (Å²) in [4.78, 5) is 22.1.